The fraction of sp³-hybridized carbons (Fsp3) is 0.350. The van der Waals surface area contributed by atoms with E-state index in [4.69, 9.17) is 0 Å². The van der Waals surface area contributed by atoms with Gasteiger partial charge < -0.3 is 9.88 Å². The number of hydrogen-bond donors (Lipinski definition) is 1. The van der Waals surface area contributed by atoms with Gasteiger partial charge in [0.1, 0.15) is 11.9 Å². The van der Waals surface area contributed by atoms with Crippen LogP contribution in [0, 0.1) is 6.92 Å². The Morgan fingerprint density at radius 3 is 2.72 bits per heavy atom. The van der Waals surface area contributed by atoms with E-state index in [9.17, 15) is 4.79 Å². The first-order valence-corrected chi connectivity index (χ1v) is 8.62. The van der Waals surface area contributed by atoms with Crippen LogP contribution in [0.15, 0.2) is 42.9 Å². The second kappa shape index (κ2) is 7.05. The maximum Gasteiger partial charge on any atom is 0.243 e. The van der Waals surface area contributed by atoms with E-state index in [1.165, 1.54) is 0 Å². The molecule has 3 aromatic rings. The van der Waals surface area contributed by atoms with Crippen molar-refractivity contribution in [3.63, 3.8) is 0 Å². The van der Waals surface area contributed by atoms with E-state index in [0.717, 1.165) is 27.9 Å². The number of carbonyl (C=O) groups is 1. The highest BCUT2D eigenvalue weighted by Gasteiger charge is 2.19. The van der Waals surface area contributed by atoms with Gasteiger partial charge in [-0.2, -0.15) is 0 Å². The first-order valence-electron chi connectivity index (χ1n) is 8.62. The Labute approximate surface area is 148 Å². The van der Waals surface area contributed by atoms with Crippen LogP contribution in [0.2, 0.25) is 0 Å². The molecule has 0 radical (unpaired) electrons. The van der Waals surface area contributed by atoms with Crippen molar-refractivity contribution in [3.8, 4) is 0 Å². The number of aryl methyl sites for hydroxylation is 1. The summed E-state index contributed by atoms with van der Waals surface area (Å²) in [5.41, 5.74) is 3.21. The third kappa shape index (κ3) is 3.40. The molecule has 0 unspecified atom stereocenters. The Kier molecular flexibility index (Phi) is 4.83. The largest absolute Gasteiger partial charge is 0.350 e. The molecule has 0 aliphatic carbocycles. The number of benzene rings is 1. The number of aromatic nitrogens is 3. The summed E-state index contributed by atoms with van der Waals surface area (Å²) in [6, 6.07) is 7.74. The molecule has 0 saturated carbocycles. The highest BCUT2D eigenvalue weighted by Crippen LogP contribution is 2.21. The lowest BCUT2D eigenvalue weighted by Crippen LogP contribution is -2.31. The van der Waals surface area contributed by atoms with E-state index in [1.807, 2.05) is 42.0 Å². The highest BCUT2D eigenvalue weighted by atomic mass is 16.2. The van der Waals surface area contributed by atoms with Gasteiger partial charge >= 0.3 is 0 Å². The Balaban J connectivity index is 1.79. The van der Waals surface area contributed by atoms with Gasteiger partial charge in [0.25, 0.3) is 0 Å². The van der Waals surface area contributed by atoms with Gasteiger partial charge in [0.2, 0.25) is 5.91 Å². The molecule has 2 heterocycles. The van der Waals surface area contributed by atoms with Crippen LogP contribution in [-0.4, -0.2) is 20.4 Å². The number of nitrogens with zero attached hydrogens (tertiary/aromatic N) is 3. The van der Waals surface area contributed by atoms with E-state index < -0.39 is 0 Å². The van der Waals surface area contributed by atoms with Crippen LogP contribution in [0.3, 0.4) is 0 Å². The van der Waals surface area contributed by atoms with Crippen molar-refractivity contribution in [3.05, 3.63) is 59.8 Å². The molecule has 1 aromatic carbocycles. The molecule has 0 saturated heterocycles. The molecule has 0 bridgehead atoms. The van der Waals surface area contributed by atoms with Gasteiger partial charge in [0.15, 0.2) is 0 Å². The zero-order chi connectivity index (χ0) is 18.0. The number of amides is 1. The van der Waals surface area contributed by atoms with Crippen LogP contribution in [0.4, 0.5) is 0 Å². The first kappa shape index (κ1) is 17.1. The van der Waals surface area contributed by atoms with Crippen LogP contribution in [-0.2, 0) is 11.3 Å². The van der Waals surface area contributed by atoms with E-state index in [-0.39, 0.29) is 17.9 Å². The van der Waals surface area contributed by atoms with Crippen molar-refractivity contribution < 1.29 is 4.79 Å². The van der Waals surface area contributed by atoms with Crippen molar-refractivity contribution >= 4 is 16.8 Å². The standard InChI is InChI=1S/C20H24N4O/c1-13(2)19-22-10-11-24(19)15(4)20(25)23-12-17-14(3)7-8-18-16(17)6-5-9-21-18/h5-11,13,15H,12H2,1-4H3,(H,23,25)/t15-/m0/s1. The molecule has 5 heteroatoms. The number of rotatable bonds is 5. The second-order valence-corrected chi connectivity index (χ2v) is 6.67. The van der Waals surface area contributed by atoms with E-state index in [2.05, 4.69) is 36.1 Å². The minimum Gasteiger partial charge on any atom is -0.350 e. The fourth-order valence-corrected chi connectivity index (χ4v) is 3.11. The van der Waals surface area contributed by atoms with Crippen molar-refractivity contribution in [2.75, 3.05) is 0 Å². The molecular formula is C20H24N4O. The molecule has 0 aliphatic rings. The quantitative estimate of drug-likeness (QED) is 0.772. The van der Waals surface area contributed by atoms with Crippen molar-refractivity contribution in [2.45, 2.75) is 46.2 Å². The third-order valence-electron chi connectivity index (χ3n) is 4.58. The zero-order valence-electron chi connectivity index (χ0n) is 15.2. The van der Waals surface area contributed by atoms with Crippen LogP contribution < -0.4 is 5.32 Å². The number of carbonyl (C=O) groups excluding carboxylic acids is 1. The summed E-state index contributed by atoms with van der Waals surface area (Å²) in [5.74, 6) is 1.19. The molecule has 2 aromatic heterocycles. The third-order valence-corrected chi connectivity index (χ3v) is 4.58. The SMILES string of the molecule is Cc1ccc2ncccc2c1CNC(=O)[C@H](C)n1ccnc1C(C)C. The lowest BCUT2D eigenvalue weighted by molar-refractivity contribution is -0.124. The number of hydrogen-bond acceptors (Lipinski definition) is 3. The van der Waals surface area contributed by atoms with Crippen molar-refractivity contribution in [2.24, 2.45) is 0 Å². The minimum absolute atomic E-state index is 0.0137. The second-order valence-electron chi connectivity index (χ2n) is 6.67. The first-order chi connectivity index (χ1) is 12.0. The molecule has 3 rings (SSSR count). The smallest absolute Gasteiger partial charge is 0.243 e. The molecule has 0 spiro atoms. The Morgan fingerprint density at radius 2 is 1.96 bits per heavy atom. The Hall–Kier alpha value is -2.69. The van der Waals surface area contributed by atoms with Crippen LogP contribution >= 0.6 is 0 Å². The van der Waals surface area contributed by atoms with Gasteiger partial charge in [-0.1, -0.05) is 26.0 Å². The van der Waals surface area contributed by atoms with Gasteiger partial charge in [0.05, 0.1) is 5.52 Å². The van der Waals surface area contributed by atoms with Gasteiger partial charge in [-0.15, -0.1) is 0 Å². The van der Waals surface area contributed by atoms with E-state index in [0.29, 0.717) is 6.54 Å². The maximum atomic E-state index is 12.7. The summed E-state index contributed by atoms with van der Waals surface area (Å²) in [4.78, 5) is 21.4. The molecule has 0 aliphatic heterocycles. The van der Waals surface area contributed by atoms with Gasteiger partial charge in [0, 0.05) is 36.4 Å². The predicted molar refractivity (Wildman–Crippen MR) is 99.4 cm³/mol. The lowest BCUT2D eigenvalue weighted by atomic mass is 10.0. The Bertz CT molecular complexity index is 898. The number of nitrogens with one attached hydrogen (secondary N) is 1. The van der Waals surface area contributed by atoms with Gasteiger partial charge in [-0.05, 0) is 37.1 Å². The molecule has 5 nitrogen and oxygen atoms in total. The van der Waals surface area contributed by atoms with Gasteiger partial charge in [-0.25, -0.2) is 4.98 Å². The fourth-order valence-electron chi connectivity index (χ4n) is 3.11. The molecule has 1 atom stereocenters. The van der Waals surface area contributed by atoms with E-state index in [1.54, 1.807) is 12.4 Å². The number of fused-ring (bicyclic) bond motifs is 1. The normalized spacial score (nSPS) is 12.5. The van der Waals surface area contributed by atoms with Crippen molar-refractivity contribution in [1.29, 1.82) is 0 Å². The van der Waals surface area contributed by atoms with Crippen LogP contribution in [0.5, 0.6) is 0 Å². The molecule has 25 heavy (non-hydrogen) atoms. The summed E-state index contributed by atoms with van der Waals surface area (Å²) in [5, 5.41) is 4.16. The summed E-state index contributed by atoms with van der Waals surface area (Å²) < 4.78 is 1.94. The Morgan fingerprint density at radius 1 is 1.16 bits per heavy atom. The number of pyridine rings is 1. The summed E-state index contributed by atoms with van der Waals surface area (Å²) in [7, 11) is 0. The maximum absolute atomic E-state index is 12.7. The van der Waals surface area contributed by atoms with Crippen molar-refractivity contribution in [1.82, 2.24) is 19.9 Å². The van der Waals surface area contributed by atoms with Crippen LogP contribution in [0.1, 0.15) is 49.7 Å². The summed E-state index contributed by atoms with van der Waals surface area (Å²) in [6.45, 7) is 8.61. The molecule has 1 N–H and O–H groups in total. The average Bonchev–Trinajstić information content (AvgIpc) is 3.10. The molecule has 1 amide bonds. The topological polar surface area (TPSA) is 59.8 Å². The lowest BCUT2D eigenvalue weighted by Gasteiger charge is -2.18. The van der Waals surface area contributed by atoms with Crippen LogP contribution in [0.25, 0.3) is 10.9 Å². The highest BCUT2D eigenvalue weighted by molar-refractivity contribution is 5.84. The summed E-state index contributed by atoms with van der Waals surface area (Å²) in [6.07, 6.45) is 5.40. The monoisotopic (exact) mass is 336 g/mol. The number of imidazole rings is 1. The minimum atomic E-state index is -0.298. The predicted octanol–water partition coefficient (Wildman–Crippen LogP) is 3.74. The molecular weight excluding hydrogens is 312 g/mol. The average molecular weight is 336 g/mol. The zero-order valence-corrected chi connectivity index (χ0v) is 15.2. The molecule has 0 fully saturated rings. The summed E-state index contributed by atoms with van der Waals surface area (Å²) >= 11 is 0. The van der Waals surface area contributed by atoms with Gasteiger partial charge in [-0.3, -0.25) is 9.78 Å². The van der Waals surface area contributed by atoms with E-state index >= 15 is 0 Å². The molecule has 130 valence electrons.